The zero-order valence-corrected chi connectivity index (χ0v) is 10.5. The van der Waals surface area contributed by atoms with Crippen LogP contribution in [0.15, 0.2) is 30.3 Å². The molecule has 0 heterocycles. The Bertz CT molecular complexity index is 298. The van der Waals surface area contributed by atoms with Crippen LogP contribution in [0.4, 0.5) is 0 Å². The van der Waals surface area contributed by atoms with Crippen molar-refractivity contribution >= 4 is 17.7 Å². The van der Waals surface area contributed by atoms with Gasteiger partial charge in [0, 0.05) is 12.2 Å². The van der Waals surface area contributed by atoms with Gasteiger partial charge >= 0.3 is 5.97 Å². The zero-order chi connectivity index (χ0) is 11.6. The largest absolute Gasteiger partial charge is 0.465 e. The lowest BCUT2D eigenvalue weighted by Crippen LogP contribution is -2.08. The van der Waals surface area contributed by atoms with Crippen LogP contribution in [0.3, 0.4) is 0 Å². The van der Waals surface area contributed by atoms with Crippen LogP contribution in [0.1, 0.15) is 18.9 Å². The van der Waals surface area contributed by atoms with Crippen LogP contribution in [-0.2, 0) is 16.0 Å². The summed E-state index contributed by atoms with van der Waals surface area (Å²) in [5.74, 6) is 1.83. The number of ether oxygens (including phenoxy) is 1. The average molecular weight is 238 g/mol. The summed E-state index contributed by atoms with van der Waals surface area (Å²) >= 11 is 1.77. The predicted octanol–water partition coefficient (Wildman–Crippen LogP) is 2.92. The number of thioether (sulfide) groups is 1. The van der Waals surface area contributed by atoms with E-state index in [4.69, 9.17) is 4.74 Å². The van der Waals surface area contributed by atoms with Gasteiger partial charge in [-0.15, -0.1) is 0 Å². The Hall–Kier alpha value is -0.960. The first-order chi connectivity index (χ1) is 7.83. The van der Waals surface area contributed by atoms with Crippen LogP contribution < -0.4 is 0 Å². The highest BCUT2D eigenvalue weighted by Crippen LogP contribution is 2.03. The van der Waals surface area contributed by atoms with E-state index in [-0.39, 0.29) is 5.97 Å². The fraction of sp³-hybridized carbons (Fsp3) is 0.462. The monoisotopic (exact) mass is 238 g/mol. The Labute approximate surface area is 101 Å². The van der Waals surface area contributed by atoms with Crippen LogP contribution in [0, 0.1) is 0 Å². The van der Waals surface area contributed by atoms with Gasteiger partial charge in [0.1, 0.15) is 0 Å². The van der Waals surface area contributed by atoms with Gasteiger partial charge in [0.25, 0.3) is 0 Å². The van der Waals surface area contributed by atoms with Crippen molar-refractivity contribution in [3.05, 3.63) is 35.9 Å². The molecule has 0 N–H and O–H groups in total. The number of benzene rings is 1. The van der Waals surface area contributed by atoms with Crippen LogP contribution in [0.25, 0.3) is 0 Å². The van der Waals surface area contributed by atoms with E-state index < -0.39 is 0 Å². The Balaban J connectivity index is 2.09. The maximum atomic E-state index is 11.3. The van der Waals surface area contributed by atoms with Crippen molar-refractivity contribution in [2.24, 2.45) is 0 Å². The third kappa shape index (κ3) is 5.81. The number of esters is 1. The lowest BCUT2D eigenvalue weighted by molar-refractivity contribution is -0.143. The number of rotatable bonds is 7. The first kappa shape index (κ1) is 13.1. The quantitative estimate of drug-likeness (QED) is 0.539. The van der Waals surface area contributed by atoms with Crippen molar-refractivity contribution in [2.45, 2.75) is 19.8 Å². The number of carbonyl (C=O) groups excluding carboxylic acids is 1. The van der Waals surface area contributed by atoms with E-state index in [0.29, 0.717) is 13.0 Å². The summed E-state index contributed by atoms with van der Waals surface area (Å²) in [5, 5.41) is 0. The Morgan fingerprint density at radius 2 is 2.06 bits per heavy atom. The van der Waals surface area contributed by atoms with E-state index in [0.717, 1.165) is 17.9 Å². The Kier molecular flexibility index (Phi) is 6.74. The molecular formula is C13H18O2S. The van der Waals surface area contributed by atoms with Crippen molar-refractivity contribution in [2.75, 3.05) is 18.1 Å². The highest BCUT2D eigenvalue weighted by Gasteiger charge is 2.02. The summed E-state index contributed by atoms with van der Waals surface area (Å²) in [6, 6.07) is 10.1. The highest BCUT2D eigenvalue weighted by atomic mass is 32.2. The second-order valence-corrected chi connectivity index (χ2v) is 4.80. The fourth-order valence-corrected chi connectivity index (χ4v) is 1.90. The Morgan fingerprint density at radius 3 is 2.75 bits per heavy atom. The summed E-state index contributed by atoms with van der Waals surface area (Å²) in [6.07, 6.45) is 1.32. The van der Waals surface area contributed by atoms with Crippen molar-refractivity contribution in [1.29, 1.82) is 0 Å². The smallest absolute Gasteiger partial charge is 0.306 e. The second-order valence-electron chi connectivity index (χ2n) is 3.40. The van der Waals surface area contributed by atoms with E-state index in [9.17, 15) is 4.79 Å². The molecule has 0 aliphatic rings. The molecule has 2 nitrogen and oxygen atoms in total. The maximum Gasteiger partial charge on any atom is 0.306 e. The van der Waals surface area contributed by atoms with Gasteiger partial charge in [-0.25, -0.2) is 0 Å². The molecule has 3 heteroatoms. The van der Waals surface area contributed by atoms with Gasteiger partial charge in [-0.3, -0.25) is 4.79 Å². The van der Waals surface area contributed by atoms with Gasteiger partial charge in [-0.2, -0.15) is 11.8 Å². The molecule has 0 aliphatic carbocycles. The first-order valence-electron chi connectivity index (χ1n) is 5.60. The molecule has 0 saturated heterocycles. The molecule has 0 amide bonds. The maximum absolute atomic E-state index is 11.3. The van der Waals surface area contributed by atoms with Gasteiger partial charge in [-0.05, 0) is 11.3 Å². The molecule has 0 bridgehead atoms. The summed E-state index contributed by atoms with van der Waals surface area (Å²) < 4.78 is 5.14. The molecule has 0 fully saturated rings. The zero-order valence-electron chi connectivity index (χ0n) is 9.65. The summed E-state index contributed by atoms with van der Waals surface area (Å²) in [5.41, 5.74) is 1.21. The predicted molar refractivity (Wildman–Crippen MR) is 68.7 cm³/mol. The molecule has 0 atom stereocenters. The van der Waals surface area contributed by atoms with Crippen molar-refractivity contribution < 1.29 is 9.53 Å². The van der Waals surface area contributed by atoms with Crippen molar-refractivity contribution in [3.8, 4) is 0 Å². The summed E-state index contributed by atoms with van der Waals surface area (Å²) in [6.45, 7) is 2.57. The standard InChI is InChI=1S/C13H18O2S/c1-2-16-11-9-13(14)15-10-8-12-6-4-3-5-7-12/h3-7H,2,8-11H2,1H3. The summed E-state index contributed by atoms with van der Waals surface area (Å²) in [7, 11) is 0. The molecule has 0 aliphatic heterocycles. The van der Waals surface area contributed by atoms with Gasteiger partial charge in [0.2, 0.25) is 0 Å². The normalized spacial score (nSPS) is 10.1. The van der Waals surface area contributed by atoms with Crippen LogP contribution in [-0.4, -0.2) is 24.1 Å². The lowest BCUT2D eigenvalue weighted by atomic mass is 10.2. The lowest BCUT2D eigenvalue weighted by Gasteiger charge is -2.04. The van der Waals surface area contributed by atoms with Crippen molar-refractivity contribution in [3.63, 3.8) is 0 Å². The second kappa shape index (κ2) is 8.22. The van der Waals surface area contributed by atoms with Crippen LogP contribution >= 0.6 is 11.8 Å². The Morgan fingerprint density at radius 1 is 1.31 bits per heavy atom. The molecule has 0 unspecified atom stereocenters. The average Bonchev–Trinajstić information content (AvgIpc) is 2.31. The van der Waals surface area contributed by atoms with E-state index in [1.807, 2.05) is 30.3 Å². The molecule has 0 radical (unpaired) electrons. The number of carbonyl (C=O) groups is 1. The van der Waals surface area contributed by atoms with Crippen molar-refractivity contribution in [1.82, 2.24) is 0 Å². The molecule has 1 rings (SSSR count). The minimum Gasteiger partial charge on any atom is -0.465 e. The number of hydrogen-bond acceptors (Lipinski definition) is 3. The molecule has 16 heavy (non-hydrogen) atoms. The van der Waals surface area contributed by atoms with Crippen LogP contribution in [0.2, 0.25) is 0 Å². The summed E-state index contributed by atoms with van der Waals surface area (Å²) in [4.78, 5) is 11.3. The van der Waals surface area contributed by atoms with Gasteiger partial charge in [0.15, 0.2) is 0 Å². The number of hydrogen-bond donors (Lipinski definition) is 0. The van der Waals surface area contributed by atoms with Gasteiger partial charge in [-0.1, -0.05) is 37.3 Å². The van der Waals surface area contributed by atoms with Gasteiger partial charge < -0.3 is 4.74 Å². The van der Waals surface area contributed by atoms with E-state index >= 15 is 0 Å². The third-order valence-corrected chi connectivity index (χ3v) is 3.05. The molecule has 88 valence electrons. The van der Waals surface area contributed by atoms with E-state index in [1.54, 1.807) is 11.8 Å². The highest BCUT2D eigenvalue weighted by molar-refractivity contribution is 7.99. The topological polar surface area (TPSA) is 26.3 Å². The van der Waals surface area contributed by atoms with Crippen LogP contribution in [0.5, 0.6) is 0 Å². The fourth-order valence-electron chi connectivity index (χ4n) is 1.30. The third-order valence-electron chi connectivity index (χ3n) is 2.15. The van der Waals surface area contributed by atoms with E-state index in [2.05, 4.69) is 6.92 Å². The van der Waals surface area contributed by atoms with E-state index in [1.165, 1.54) is 5.56 Å². The molecule has 0 spiro atoms. The molecule has 1 aromatic carbocycles. The molecule has 0 saturated carbocycles. The SMILES string of the molecule is CCSCCC(=O)OCCc1ccccc1. The minimum atomic E-state index is -0.0862. The van der Waals surface area contributed by atoms with Gasteiger partial charge in [0.05, 0.1) is 13.0 Å². The minimum absolute atomic E-state index is 0.0862. The molecular weight excluding hydrogens is 220 g/mol. The first-order valence-corrected chi connectivity index (χ1v) is 6.75. The molecule has 1 aromatic rings. The molecule has 0 aromatic heterocycles.